The zero-order valence-corrected chi connectivity index (χ0v) is 11.1. The minimum absolute atomic E-state index is 0.443. The molecule has 3 nitrogen and oxygen atoms in total. The fourth-order valence-corrected chi connectivity index (χ4v) is 1.69. The van der Waals surface area contributed by atoms with Crippen molar-refractivity contribution in [3.05, 3.63) is 0 Å². The van der Waals surface area contributed by atoms with Gasteiger partial charge in [0.25, 0.3) is 0 Å². The molecule has 0 bridgehead atoms. The first-order valence-corrected chi connectivity index (χ1v) is 6.67. The smallest absolute Gasteiger partial charge is 0.183 e. The molecule has 0 heterocycles. The third kappa shape index (κ3) is 8.08. The lowest BCUT2D eigenvalue weighted by Crippen LogP contribution is -2.31. The van der Waals surface area contributed by atoms with Crippen LogP contribution in [0.2, 0.25) is 0 Å². The molecule has 3 heteroatoms. The molecule has 0 amide bonds. The first-order chi connectivity index (χ1) is 7.76. The van der Waals surface area contributed by atoms with Crippen molar-refractivity contribution in [3.63, 3.8) is 0 Å². The summed E-state index contributed by atoms with van der Waals surface area (Å²) in [6.45, 7) is 7.20. The molecule has 0 rings (SSSR count). The zero-order valence-electron chi connectivity index (χ0n) is 11.1. The second-order valence-electron chi connectivity index (χ2n) is 4.05. The van der Waals surface area contributed by atoms with E-state index in [4.69, 9.17) is 9.47 Å². The predicted octanol–water partition coefficient (Wildman–Crippen LogP) is 3.11. The Morgan fingerprint density at radius 2 is 1.44 bits per heavy atom. The molecule has 0 aromatic rings. The number of rotatable bonds is 11. The van der Waals surface area contributed by atoms with Gasteiger partial charge in [-0.05, 0) is 20.3 Å². The van der Waals surface area contributed by atoms with Gasteiger partial charge in [0.2, 0.25) is 0 Å². The molecule has 0 fully saturated rings. The van der Waals surface area contributed by atoms with E-state index in [1.165, 1.54) is 25.7 Å². The topological polar surface area (TPSA) is 38.7 Å². The van der Waals surface area contributed by atoms with E-state index in [-0.39, 0.29) is 0 Å². The van der Waals surface area contributed by atoms with Gasteiger partial charge in [-0.15, -0.1) is 0 Å². The summed E-state index contributed by atoms with van der Waals surface area (Å²) in [4.78, 5) is 0. The number of ether oxygens (including phenoxy) is 2. The van der Waals surface area contributed by atoms with Crippen molar-refractivity contribution in [1.82, 2.24) is 0 Å². The normalized spacial score (nSPS) is 13.3. The molecule has 0 aromatic carbocycles. The van der Waals surface area contributed by atoms with Crippen molar-refractivity contribution in [3.8, 4) is 0 Å². The first-order valence-electron chi connectivity index (χ1n) is 6.67. The molecule has 0 aliphatic carbocycles. The number of aliphatic hydroxyl groups is 1. The summed E-state index contributed by atoms with van der Waals surface area (Å²) >= 11 is 0. The van der Waals surface area contributed by atoms with E-state index in [9.17, 15) is 5.11 Å². The summed E-state index contributed by atoms with van der Waals surface area (Å²) in [6, 6.07) is 0. The van der Waals surface area contributed by atoms with Crippen molar-refractivity contribution in [1.29, 1.82) is 0 Å². The van der Waals surface area contributed by atoms with E-state index in [0.717, 1.165) is 12.8 Å². The molecule has 0 saturated heterocycles. The Morgan fingerprint density at radius 1 is 0.875 bits per heavy atom. The average Bonchev–Trinajstić information content (AvgIpc) is 2.28. The van der Waals surface area contributed by atoms with Crippen LogP contribution in [0.4, 0.5) is 0 Å². The highest BCUT2D eigenvalue weighted by molar-refractivity contribution is 4.61. The Bertz CT molecular complexity index is 133. The largest absolute Gasteiger partial charge is 0.388 e. The number of hydrogen-bond donors (Lipinski definition) is 1. The van der Waals surface area contributed by atoms with E-state index < -0.39 is 12.4 Å². The van der Waals surface area contributed by atoms with Gasteiger partial charge in [-0.2, -0.15) is 0 Å². The Kier molecular flexibility index (Phi) is 11.3. The van der Waals surface area contributed by atoms with E-state index in [1.54, 1.807) is 0 Å². The van der Waals surface area contributed by atoms with Crippen LogP contribution in [0.1, 0.15) is 59.3 Å². The van der Waals surface area contributed by atoms with Gasteiger partial charge >= 0.3 is 0 Å². The number of aliphatic hydroxyl groups excluding tert-OH is 1. The summed E-state index contributed by atoms with van der Waals surface area (Å²) < 4.78 is 10.7. The van der Waals surface area contributed by atoms with E-state index in [0.29, 0.717) is 13.2 Å². The quantitative estimate of drug-likeness (QED) is 0.439. The van der Waals surface area contributed by atoms with Crippen molar-refractivity contribution in [2.24, 2.45) is 0 Å². The van der Waals surface area contributed by atoms with Crippen LogP contribution < -0.4 is 0 Å². The summed E-state index contributed by atoms with van der Waals surface area (Å²) in [5.41, 5.74) is 0. The van der Waals surface area contributed by atoms with Gasteiger partial charge in [0.1, 0.15) is 6.10 Å². The van der Waals surface area contributed by atoms with Crippen LogP contribution in [0.15, 0.2) is 0 Å². The van der Waals surface area contributed by atoms with Crippen LogP contribution in [0.25, 0.3) is 0 Å². The van der Waals surface area contributed by atoms with E-state index in [1.807, 2.05) is 13.8 Å². The second-order valence-corrected chi connectivity index (χ2v) is 4.05. The predicted molar refractivity (Wildman–Crippen MR) is 66.4 cm³/mol. The summed E-state index contributed by atoms with van der Waals surface area (Å²) in [7, 11) is 0. The van der Waals surface area contributed by atoms with Crippen molar-refractivity contribution in [2.45, 2.75) is 71.7 Å². The molecule has 1 unspecified atom stereocenters. The van der Waals surface area contributed by atoms with Crippen LogP contribution in [0.3, 0.4) is 0 Å². The Morgan fingerprint density at radius 3 is 1.94 bits per heavy atom. The summed E-state index contributed by atoms with van der Waals surface area (Å²) in [6.07, 6.45) is 5.89. The SMILES string of the molecule is CCCCCCCC(O)C(OCC)OCC. The van der Waals surface area contributed by atoms with Crippen molar-refractivity contribution >= 4 is 0 Å². The zero-order chi connectivity index (χ0) is 12.2. The monoisotopic (exact) mass is 232 g/mol. The second kappa shape index (κ2) is 11.4. The standard InChI is InChI=1S/C13H28O3/c1-4-7-8-9-10-11-12(14)13(15-5-2)16-6-3/h12-14H,4-11H2,1-3H3. The summed E-state index contributed by atoms with van der Waals surface area (Å²) in [5.74, 6) is 0. The van der Waals surface area contributed by atoms with E-state index >= 15 is 0 Å². The Balaban J connectivity index is 3.60. The lowest BCUT2D eigenvalue weighted by Gasteiger charge is -2.22. The maximum Gasteiger partial charge on any atom is 0.183 e. The van der Waals surface area contributed by atoms with Crippen LogP contribution >= 0.6 is 0 Å². The van der Waals surface area contributed by atoms with Gasteiger partial charge in [0, 0.05) is 13.2 Å². The van der Waals surface area contributed by atoms with E-state index in [2.05, 4.69) is 6.92 Å². The molecule has 1 N–H and O–H groups in total. The van der Waals surface area contributed by atoms with Crippen LogP contribution in [-0.2, 0) is 9.47 Å². The van der Waals surface area contributed by atoms with Crippen LogP contribution in [0.5, 0.6) is 0 Å². The van der Waals surface area contributed by atoms with Crippen molar-refractivity contribution < 1.29 is 14.6 Å². The van der Waals surface area contributed by atoms with Gasteiger partial charge in [-0.1, -0.05) is 39.0 Å². The molecule has 1 atom stereocenters. The Labute approximate surface area is 100 Å². The lowest BCUT2D eigenvalue weighted by molar-refractivity contribution is -0.190. The Hall–Kier alpha value is -0.120. The third-order valence-corrected chi connectivity index (χ3v) is 2.58. The molecule has 0 spiro atoms. The molecule has 0 aromatic heterocycles. The molecule has 98 valence electrons. The highest BCUT2D eigenvalue weighted by Gasteiger charge is 2.18. The summed E-state index contributed by atoms with van der Waals surface area (Å²) in [5, 5.41) is 9.88. The number of hydrogen-bond acceptors (Lipinski definition) is 3. The van der Waals surface area contributed by atoms with Gasteiger partial charge in [0.15, 0.2) is 6.29 Å². The number of unbranched alkanes of at least 4 members (excludes halogenated alkanes) is 4. The van der Waals surface area contributed by atoms with Gasteiger partial charge in [0.05, 0.1) is 0 Å². The molecule has 0 radical (unpaired) electrons. The fourth-order valence-electron chi connectivity index (χ4n) is 1.69. The molecular weight excluding hydrogens is 204 g/mol. The van der Waals surface area contributed by atoms with Gasteiger partial charge < -0.3 is 14.6 Å². The fraction of sp³-hybridized carbons (Fsp3) is 1.00. The molecular formula is C13H28O3. The molecule has 16 heavy (non-hydrogen) atoms. The average molecular weight is 232 g/mol. The minimum atomic E-state index is -0.485. The maximum absolute atomic E-state index is 9.88. The van der Waals surface area contributed by atoms with Gasteiger partial charge in [-0.3, -0.25) is 0 Å². The third-order valence-electron chi connectivity index (χ3n) is 2.58. The van der Waals surface area contributed by atoms with Crippen LogP contribution in [0, 0.1) is 0 Å². The minimum Gasteiger partial charge on any atom is -0.388 e. The highest BCUT2D eigenvalue weighted by Crippen LogP contribution is 2.12. The molecule has 0 aliphatic heterocycles. The maximum atomic E-state index is 9.88. The van der Waals surface area contributed by atoms with Crippen molar-refractivity contribution in [2.75, 3.05) is 13.2 Å². The van der Waals surface area contributed by atoms with Crippen LogP contribution in [-0.4, -0.2) is 30.7 Å². The lowest BCUT2D eigenvalue weighted by atomic mass is 10.1. The first kappa shape index (κ1) is 15.9. The molecule has 0 saturated carbocycles. The highest BCUT2D eigenvalue weighted by atomic mass is 16.7. The molecule has 0 aliphatic rings. The van der Waals surface area contributed by atoms with Gasteiger partial charge in [-0.25, -0.2) is 0 Å².